The third kappa shape index (κ3) is 6.08. The zero-order valence-electron chi connectivity index (χ0n) is 30.2. The van der Waals surface area contributed by atoms with Gasteiger partial charge in [0.15, 0.2) is 0 Å². The molecule has 11 atom stereocenters. The molecule has 3 aliphatic carbocycles. The third-order valence-electron chi connectivity index (χ3n) is 11.9. The molecule has 270 valence electrons. The van der Waals surface area contributed by atoms with Crippen LogP contribution < -0.4 is 0 Å². The zero-order chi connectivity index (χ0) is 36.2. The van der Waals surface area contributed by atoms with E-state index in [1.807, 2.05) is 33.8 Å². The highest BCUT2D eigenvalue weighted by Gasteiger charge is 2.77. The number of rotatable bonds is 9. The normalized spacial score (nSPS) is 38.1. The van der Waals surface area contributed by atoms with Crippen molar-refractivity contribution in [3.05, 3.63) is 35.3 Å². The zero-order valence-corrected chi connectivity index (χ0v) is 30.2. The van der Waals surface area contributed by atoms with E-state index in [1.165, 1.54) is 27.7 Å². The summed E-state index contributed by atoms with van der Waals surface area (Å²) in [5, 5.41) is 0. The van der Waals surface area contributed by atoms with Crippen LogP contribution in [0.5, 0.6) is 0 Å². The molecule has 12 nitrogen and oxygen atoms in total. The molecule has 12 heteroatoms. The van der Waals surface area contributed by atoms with Gasteiger partial charge in [-0.25, -0.2) is 0 Å². The van der Waals surface area contributed by atoms with Gasteiger partial charge in [0.05, 0.1) is 37.8 Å². The first-order valence-electron chi connectivity index (χ1n) is 17.1. The average molecular weight is 687 g/mol. The Morgan fingerprint density at radius 3 is 2.06 bits per heavy atom. The lowest BCUT2D eigenvalue weighted by Gasteiger charge is -2.66. The Kier molecular flexibility index (Phi) is 9.88. The Morgan fingerprint density at radius 1 is 0.878 bits per heavy atom. The van der Waals surface area contributed by atoms with Gasteiger partial charge in [0.1, 0.15) is 24.4 Å². The summed E-state index contributed by atoms with van der Waals surface area (Å²) in [4.78, 5) is 64.2. The highest BCUT2D eigenvalue weighted by Crippen LogP contribution is 2.71. The van der Waals surface area contributed by atoms with Crippen molar-refractivity contribution in [2.24, 2.45) is 34.0 Å². The van der Waals surface area contributed by atoms with Gasteiger partial charge in [-0.05, 0) is 30.5 Å². The van der Waals surface area contributed by atoms with Gasteiger partial charge in [-0.3, -0.25) is 24.0 Å². The van der Waals surface area contributed by atoms with Crippen molar-refractivity contribution in [1.29, 1.82) is 0 Å². The summed E-state index contributed by atoms with van der Waals surface area (Å²) in [5.41, 5.74) is -0.471. The maximum Gasteiger partial charge on any atom is 0.308 e. The second-order valence-corrected chi connectivity index (χ2v) is 15.2. The second-order valence-electron chi connectivity index (χ2n) is 15.2. The molecule has 5 rings (SSSR count). The Bertz CT molecular complexity index is 1510. The first-order chi connectivity index (χ1) is 22.9. The lowest BCUT2D eigenvalue weighted by atomic mass is 9.40. The van der Waals surface area contributed by atoms with Crippen LogP contribution in [0.15, 0.2) is 34.2 Å². The molecule has 0 amide bonds. The molecule has 0 spiro atoms. The van der Waals surface area contributed by atoms with Crippen LogP contribution in [0.1, 0.15) is 93.6 Å². The summed E-state index contributed by atoms with van der Waals surface area (Å²) in [7, 11) is 0. The Balaban J connectivity index is 1.83. The van der Waals surface area contributed by atoms with Crippen LogP contribution in [0.2, 0.25) is 0 Å². The minimum Gasteiger partial charge on any atom is -0.472 e. The van der Waals surface area contributed by atoms with Crippen LogP contribution in [0.4, 0.5) is 0 Å². The van der Waals surface area contributed by atoms with Crippen LogP contribution in [-0.4, -0.2) is 73.6 Å². The van der Waals surface area contributed by atoms with E-state index in [0.29, 0.717) is 6.42 Å². The summed E-state index contributed by atoms with van der Waals surface area (Å²) in [6.45, 7) is 16.8. The molecule has 1 aromatic rings. The molecule has 0 aromatic carbocycles. The Morgan fingerprint density at radius 2 is 1.51 bits per heavy atom. The standard InChI is InChI=1S/C37H50O12/c1-18(2)34(42)49-33-31-32-35(8,17-45-31)28(47-22(6)40)14-29(48-23(7)41)36(32,9)27(16-44-20(4)38)37(33,10)30-19(3)25(24-11-12-43-15-24)13-26(30)46-21(5)39/h11-12,15,18,25-29,31-33H,13-14,16-17H2,1-10H3/t25-,26+,27-,28-,29+,31-,32-,33-,35-,36+,37-/m1/s1. The predicted molar refractivity (Wildman–Crippen MR) is 172 cm³/mol. The lowest BCUT2D eigenvalue weighted by Crippen LogP contribution is -2.73. The van der Waals surface area contributed by atoms with Crippen molar-refractivity contribution in [1.82, 2.24) is 0 Å². The maximum absolute atomic E-state index is 13.7. The van der Waals surface area contributed by atoms with Gasteiger partial charge in [0.2, 0.25) is 0 Å². The summed E-state index contributed by atoms with van der Waals surface area (Å²) in [6, 6.07) is 1.87. The van der Waals surface area contributed by atoms with Crippen LogP contribution >= 0.6 is 0 Å². The molecule has 1 aromatic heterocycles. The van der Waals surface area contributed by atoms with Crippen LogP contribution in [0.3, 0.4) is 0 Å². The number of furan rings is 1. The summed E-state index contributed by atoms with van der Waals surface area (Å²) in [6.07, 6.45) is -0.154. The number of allylic oxidation sites excluding steroid dienone is 1. The summed E-state index contributed by atoms with van der Waals surface area (Å²) < 4.78 is 42.7. The molecule has 4 aliphatic rings. The highest BCUT2D eigenvalue weighted by molar-refractivity contribution is 5.72. The van der Waals surface area contributed by atoms with Crippen LogP contribution in [-0.2, 0) is 52.4 Å². The number of esters is 5. The number of carbonyl (C=O) groups is 5. The van der Waals surface area contributed by atoms with E-state index in [0.717, 1.165) is 16.7 Å². The molecule has 0 N–H and O–H groups in total. The molecular formula is C37H50O12. The number of carbonyl (C=O) groups excluding carboxylic acids is 5. The molecule has 1 saturated heterocycles. The van der Waals surface area contributed by atoms with E-state index >= 15 is 0 Å². The SMILES string of the molecule is CC(=O)OC[C@H]1[C@](C)(C2=C(C)[C@H](c3ccoc3)C[C@@H]2OC(C)=O)[C@H](OC(=O)C(C)C)[C@@H]2OC[C@@]3(C)[C@@H]2[C@]1(C)[C@@H](OC(C)=O)C[C@H]3OC(C)=O. The fraction of sp³-hybridized carbons (Fsp3) is 0.703. The van der Waals surface area contributed by atoms with Crippen molar-refractivity contribution < 1.29 is 56.8 Å². The average Bonchev–Trinajstić information content (AvgIpc) is 3.71. The Hall–Kier alpha value is -3.67. The monoisotopic (exact) mass is 686 g/mol. The third-order valence-corrected chi connectivity index (χ3v) is 11.9. The first kappa shape index (κ1) is 36.6. The van der Waals surface area contributed by atoms with Gasteiger partial charge in [0.25, 0.3) is 0 Å². The smallest absolute Gasteiger partial charge is 0.308 e. The first-order valence-corrected chi connectivity index (χ1v) is 17.1. The van der Waals surface area contributed by atoms with Gasteiger partial charge >= 0.3 is 29.8 Å². The maximum atomic E-state index is 13.7. The fourth-order valence-corrected chi connectivity index (χ4v) is 9.99. The molecule has 0 bridgehead atoms. The van der Waals surface area contributed by atoms with Crippen molar-refractivity contribution in [3.63, 3.8) is 0 Å². The quantitative estimate of drug-likeness (QED) is 0.193. The largest absolute Gasteiger partial charge is 0.472 e. The second kappa shape index (κ2) is 13.2. The highest BCUT2D eigenvalue weighted by atomic mass is 16.6. The molecule has 1 aliphatic heterocycles. The van der Waals surface area contributed by atoms with Gasteiger partial charge in [-0.15, -0.1) is 0 Å². The van der Waals surface area contributed by atoms with E-state index in [-0.39, 0.29) is 25.6 Å². The van der Waals surface area contributed by atoms with E-state index < -0.39 is 94.4 Å². The van der Waals surface area contributed by atoms with Crippen molar-refractivity contribution >= 4 is 29.8 Å². The molecule has 3 fully saturated rings. The molecule has 2 saturated carbocycles. The van der Waals surface area contributed by atoms with Crippen LogP contribution in [0.25, 0.3) is 0 Å². The van der Waals surface area contributed by atoms with E-state index in [9.17, 15) is 24.0 Å². The lowest BCUT2D eigenvalue weighted by molar-refractivity contribution is -0.266. The van der Waals surface area contributed by atoms with Gasteiger partial charge in [0, 0.05) is 68.1 Å². The van der Waals surface area contributed by atoms with Gasteiger partial charge in [-0.1, -0.05) is 40.2 Å². The minimum atomic E-state index is -1.20. The molecule has 49 heavy (non-hydrogen) atoms. The summed E-state index contributed by atoms with van der Waals surface area (Å²) in [5.74, 6) is -4.34. The predicted octanol–water partition coefficient (Wildman–Crippen LogP) is 5.08. The molecule has 0 unspecified atom stereocenters. The fourth-order valence-electron chi connectivity index (χ4n) is 9.99. The topological polar surface area (TPSA) is 154 Å². The van der Waals surface area contributed by atoms with Crippen molar-refractivity contribution in [3.8, 4) is 0 Å². The van der Waals surface area contributed by atoms with Gasteiger partial charge in [-0.2, -0.15) is 0 Å². The Labute approximate surface area is 287 Å². The molecule has 0 radical (unpaired) electrons. The van der Waals surface area contributed by atoms with Crippen molar-refractivity contribution in [2.75, 3.05) is 13.2 Å². The van der Waals surface area contributed by atoms with E-state index in [2.05, 4.69) is 0 Å². The minimum absolute atomic E-state index is 0.132. The van der Waals surface area contributed by atoms with Crippen LogP contribution in [0, 0.1) is 34.0 Å². The number of hydrogen-bond acceptors (Lipinski definition) is 12. The number of ether oxygens (including phenoxy) is 6. The van der Waals surface area contributed by atoms with Crippen molar-refractivity contribution in [2.45, 2.75) is 119 Å². The number of hydrogen-bond donors (Lipinski definition) is 0. The van der Waals surface area contributed by atoms with Gasteiger partial charge < -0.3 is 32.8 Å². The molecule has 2 heterocycles. The van der Waals surface area contributed by atoms with E-state index in [4.69, 9.17) is 32.8 Å². The summed E-state index contributed by atoms with van der Waals surface area (Å²) >= 11 is 0. The van der Waals surface area contributed by atoms with E-state index in [1.54, 1.807) is 26.4 Å². The molecular weight excluding hydrogens is 636 g/mol.